The fourth-order valence-corrected chi connectivity index (χ4v) is 6.10. The summed E-state index contributed by atoms with van der Waals surface area (Å²) in [5.74, 6) is -0.690. The molecule has 3 aromatic rings. The molecule has 1 aliphatic carbocycles. The average Bonchev–Trinajstić information content (AvgIpc) is 3.08. The van der Waals surface area contributed by atoms with Crippen molar-refractivity contribution in [1.29, 1.82) is 0 Å². The average molecular weight is 528 g/mol. The number of nitrogens with zero attached hydrogens (tertiary/aromatic N) is 3. The number of amides is 1. The highest BCUT2D eigenvalue weighted by Crippen LogP contribution is 2.48. The van der Waals surface area contributed by atoms with Gasteiger partial charge in [-0.2, -0.15) is 5.01 Å². The van der Waals surface area contributed by atoms with E-state index in [2.05, 4.69) is 53.5 Å². The van der Waals surface area contributed by atoms with Crippen molar-refractivity contribution in [3.8, 4) is 0 Å². The maximum atomic E-state index is 14.1. The zero-order valence-electron chi connectivity index (χ0n) is 21.3. The molecule has 2 atom stereocenters. The Bertz CT molecular complexity index is 1400. The Balaban J connectivity index is 1.67. The van der Waals surface area contributed by atoms with Crippen LogP contribution in [0.2, 0.25) is 5.02 Å². The molecule has 0 aromatic heterocycles. The highest BCUT2D eigenvalue weighted by atomic mass is 35.5. The summed E-state index contributed by atoms with van der Waals surface area (Å²) in [7, 11) is 0. The fourth-order valence-electron chi connectivity index (χ4n) is 5.97. The molecule has 0 saturated carbocycles. The first-order chi connectivity index (χ1) is 18.4. The van der Waals surface area contributed by atoms with Gasteiger partial charge in [-0.3, -0.25) is 9.80 Å². The molecule has 6 nitrogen and oxygen atoms in total. The number of aryl methyl sites for hydroxylation is 2. The molecule has 1 fully saturated rings. The third-order valence-electron chi connectivity index (χ3n) is 7.71. The lowest BCUT2D eigenvalue weighted by Gasteiger charge is -2.55. The van der Waals surface area contributed by atoms with Gasteiger partial charge in [0, 0.05) is 17.3 Å². The van der Waals surface area contributed by atoms with Gasteiger partial charge in [-0.25, -0.2) is 0 Å². The quantitative estimate of drug-likeness (QED) is 0.460. The number of benzene rings is 3. The molecule has 2 N–H and O–H groups in total. The maximum Gasteiger partial charge on any atom is 0.277 e. The van der Waals surface area contributed by atoms with Gasteiger partial charge in [0.2, 0.25) is 0 Å². The molecule has 2 unspecified atom stereocenters. The summed E-state index contributed by atoms with van der Waals surface area (Å²) in [4.78, 5) is 15.8. The Kier molecular flexibility index (Phi) is 6.26. The topological polar surface area (TPSA) is 67.2 Å². The highest BCUT2D eigenvalue weighted by molar-refractivity contribution is 6.30. The molecule has 2 aliphatic heterocycles. The Morgan fingerprint density at radius 2 is 1.47 bits per heavy atom. The van der Waals surface area contributed by atoms with Crippen LogP contribution in [0.15, 0.2) is 96.5 Å². The van der Waals surface area contributed by atoms with E-state index in [0.29, 0.717) is 5.02 Å². The van der Waals surface area contributed by atoms with Gasteiger partial charge in [0.05, 0.1) is 6.04 Å². The number of aliphatic hydroxyl groups is 2. The van der Waals surface area contributed by atoms with E-state index in [9.17, 15) is 15.0 Å². The molecule has 6 rings (SSSR count). The number of fused-ring (bicyclic) bond motifs is 3. The summed E-state index contributed by atoms with van der Waals surface area (Å²) in [5, 5.41) is 26.1. The van der Waals surface area contributed by atoms with Crippen LogP contribution >= 0.6 is 11.6 Å². The van der Waals surface area contributed by atoms with Crippen LogP contribution in [0.3, 0.4) is 0 Å². The lowest BCUT2D eigenvalue weighted by atomic mass is 9.91. The summed E-state index contributed by atoms with van der Waals surface area (Å²) in [5.41, 5.74) is 5.74. The van der Waals surface area contributed by atoms with Gasteiger partial charge in [-0.15, -0.1) is 0 Å². The molecule has 194 valence electrons. The van der Waals surface area contributed by atoms with Crippen LogP contribution in [0, 0.1) is 0 Å². The first-order valence-corrected chi connectivity index (χ1v) is 13.4. The van der Waals surface area contributed by atoms with E-state index in [1.807, 2.05) is 38.1 Å². The number of halogens is 1. The van der Waals surface area contributed by atoms with Crippen molar-refractivity contribution in [3.05, 3.63) is 129 Å². The van der Waals surface area contributed by atoms with E-state index in [0.717, 1.165) is 29.5 Å². The third-order valence-corrected chi connectivity index (χ3v) is 7.97. The number of hydrogen-bond acceptors (Lipinski definition) is 5. The highest BCUT2D eigenvalue weighted by Gasteiger charge is 2.50. The predicted molar refractivity (Wildman–Crippen MR) is 147 cm³/mol. The smallest absolute Gasteiger partial charge is 0.277 e. The minimum Gasteiger partial charge on any atom is -0.507 e. The molecule has 0 spiro atoms. The summed E-state index contributed by atoms with van der Waals surface area (Å²) < 4.78 is 0. The van der Waals surface area contributed by atoms with E-state index in [1.165, 1.54) is 17.2 Å². The van der Waals surface area contributed by atoms with Gasteiger partial charge in [-0.05, 0) is 72.7 Å². The number of rotatable bonds is 3. The Morgan fingerprint density at radius 3 is 2.05 bits per heavy atom. The Morgan fingerprint density at radius 1 is 0.895 bits per heavy atom. The van der Waals surface area contributed by atoms with E-state index >= 15 is 0 Å². The number of carbonyl (C=O) groups excluding carboxylic acids is 1. The molecule has 0 radical (unpaired) electrons. The van der Waals surface area contributed by atoms with E-state index in [4.69, 9.17) is 11.6 Å². The van der Waals surface area contributed by atoms with Gasteiger partial charge < -0.3 is 15.1 Å². The van der Waals surface area contributed by atoms with Crippen molar-refractivity contribution in [1.82, 2.24) is 14.9 Å². The Hall–Kier alpha value is -3.58. The van der Waals surface area contributed by atoms with E-state index in [-0.39, 0.29) is 29.4 Å². The second-order valence-corrected chi connectivity index (χ2v) is 10.7. The third kappa shape index (κ3) is 3.91. The van der Waals surface area contributed by atoms with Crippen molar-refractivity contribution in [2.24, 2.45) is 0 Å². The normalized spacial score (nSPS) is 21.9. The van der Waals surface area contributed by atoms with Crippen LogP contribution in [-0.2, 0) is 17.6 Å². The zero-order chi connectivity index (χ0) is 26.6. The standard InChI is InChI=1S/C31H30ClN3O3/c1-19(2)34-30(22-13-15-23(32)16-14-22)35(33-18-17-26(36)29(37)28(33)31(34)38)27-24-9-5-3-7-20(24)11-12-21-8-4-6-10-25(21)27/h3-10,13-19,26-27,30,36-37H,11-12H2,1-2H3. The lowest BCUT2D eigenvalue weighted by Crippen LogP contribution is -2.61. The minimum atomic E-state index is -1.25. The van der Waals surface area contributed by atoms with Crippen LogP contribution in [0.5, 0.6) is 0 Å². The van der Waals surface area contributed by atoms with Crippen molar-refractivity contribution in [2.75, 3.05) is 0 Å². The second kappa shape index (κ2) is 9.62. The minimum absolute atomic E-state index is 0.0677. The van der Waals surface area contributed by atoms with Crippen molar-refractivity contribution in [3.63, 3.8) is 0 Å². The monoisotopic (exact) mass is 527 g/mol. The van der Waals surface area contributed by atoms with E-state index in [1.54, 1.807) is 16.1 Å². The molecule has 2 heterocycles. The number of hydrogen-bond donors (Lipinski definition) is 2. The zero-order valence-corrected chi connectivity index (χ0v) is 22.1. The number of carbonyl (C=O) groups is 1. The molecular weight excluding hydrogens is 498 g/mol. The van der Waals surface area contributed by atoms with Crippen LogP contribution in [0.4, 0.5) is 0 Å². The van der Waals surface area contributed by atoms with Crippen molar-refractivity contribution >= 4 is 17.5 Å². The van der Waals surface area contributed by atoms with Gasteiger partial charge in [0.1, 0.15) is 12.3 Å². The molecular formula is C31H30ClN3O3. The van der Waals surface area contributed by atoms with Crippen LogP contribution in [0.25, 0.3) is 0 Å². The first-order valence-electron chi connectivity index (χ1n) is 13.0. The predicted octanol–water partition coefficient (Wildman–Crippen LogP) is 5.65. The van der Waals surface area contributed by atoms with Gasteiger partial charge >= 0.3 is 0 Å². The molecule has 1 saturated heterocycles. The fraction of sp³-hybridized carbons (Fsp3) is 0.258. The van der Waals surface area contributed by atoms with Gasteiger partial charge in [0.15, 0.2) is 11.5 Å². The Labute approximate surface area is 227 Å². The SMILES string of the molecule is CC(C)N1C(=O)C2=C(O)C(O)C=CN2N(C2c3ccccc3CCc3ccccc32)C1c1ccc(Cl)cc1. The molecule has 7 heteroatoms. The number of aliphatic hydroxyl groups excluding tert-OH is 2. The van der Waals surface area contributed by atoms with Crippen molar-refractivity contribution < 1.29 is 15.0 Å². The van der Waals surface area contributed by atoms with Crippen molar-refractivity contribution in [2.45, 2.75) is 51.0 Å². The lowest BCUT2D eigenvalue weighted by molar-refractivity contribution is -0.173. The van der Waals surface area contributed by atoms with Crippen LogP contribution < -0.4 is 0 Å². The van der Waals surface area contributed by atoms with Crippen LogP contribution in [0.1, 0.15) is 53.9 Å². The molecule has 3 aliphatic rings. The second-order valence-electron chi connectivity index (χ2n) is 10.3. The molecule has 38 heavy (non-hydrogen) atoms. The summed E-state index contributed by atoms with van der Waals surface area (Å²) in [6.45, 7) is 3.94. The number of hydrazine groups is 1. The van der Waals surface area contributed by atoms with Crippen LogP contribution in [-0.4, -0.2) is 43.2 Å². The first kappa shape index (κ1) is 24.7. The molecule has 3 aromatic carbocycles. The summed E-state index contributed by atoms with van der Waals surface area (Å²) in [6, 6.07) is 24.0. The maximum absolute atomic E-state index is 14.1. The van der Waals surface area contributed by atoms with Gasteiger partial charge in [-0.1, -0.05) is 72.3 Å². The largest absolute Gasteiger partial charge is 0.507 e. The van der Waals surface area contributed by atoms with Gasteiger partial charge in [0.25, 0.3) is 5.91 Å². The van der Waals surface area contributed by atoms with E-state index < -0.39 is 12.3 Å². The molecule has 0 bridgehead atoms. The molecule has 1 amide bonds. The summed E-state index contributed by atoms with van der Waals surface area (Å²) >= 11 is 6.28. The summed E-state index contributed by atoms with van der Waals surface area (Å²) in [6.07, 6.45) is 3.25.